The number of nitrogens with zero attached hydrogens (tertiary/aromatic N) is 2. The van der Waals surface area contributed by atoms with Crippen molar-refractivity contribution in [3.05, 3.63) is 119 Å². The fourth-order valence-corrected chi connectivity index (χ4v) is 6.56. The second-order valence-corrected chi connectivity index (χ2v) is 11.8. The summed E-state index contributed by atoms with van der Waals surface area (Å²) >= 11 is 0. The van der Waals surface area contributed by atoms with Crippen LogP contribution in [0.2, 0.25) is 0 Å². The van der Waals surface area contributed by atoms with Gasteiger partial charge < -0.3 is 14.6 Å². The van der Waals surface area contributed by atoms with Gasteiger partial charge in [0.05, 0.1) is 5.56 Å². The van der Waals surface area contributed by atoms with Gasteiger partial charge in [-0.2, -0.15) is 0 Å². The molecule has 0 saturated heterocycles. The van der Waals surface area contributed by atoms with Gasteiger partial charge in [0.1, 0.15) is 40.3 Å². The van der Waals surface area contributed by atoms with Crippen LogP contribution in [0.25, 0.3) is 22.0 Å². The molecule has 5 nitrogen and oxygen atoms in total. The molecule has 7 rings (SSSR count). The van der Waals surface area contributed by atoms with Gasteiger partial charge in [-0.15, -0.1) is 0 Å². The van der Waals surface area contributed by atoms with Crippen LogP contribution in [0.15, 0.2) is 89.9 Å². The number of pyridine rings is 1. The number of ether oxygens (including phenoxy) is 2. The van der Waals surface area contributed by atoms with Crippen molar-refractivity contribution >= 4 is 16.8 Å². The van der Waals surface area contributed by atoms with Gasteiger partial charge in [-0.3, -0.25) is 0 Å². The minimum absolute atomic E-state index is 0.0368. The van der Waals surface area contributed by atoms with Gasteiger partial charge >= 0.3 is 0 Å². The summed E-state index contributed by atoms with van der Waals surface area (Å²) in [6.45, 7) is 8.23. The minimum Gasteiger partial charge on any atom is -0.506 e. The van der Waals surface area contributed by atoms with Crippen LogP contribution in [0, 0.1) is 18.6 Å². The summed E-state index contributed by atoms with van der Waals surface area (Å²) in [6.07, 6.45) is -0.274. The zero-order valence-corrected chi connectivity index (χ0v) is 23.6. The Hall–Kier alpha value is -4.78. The molecule has 0 fully saturated rings. The molecule has 0 unspecified atom stereocenters. The van der Waals surface area contributed by atoms with Crippen molar-refractivity contribution in [3.8, 4) is 28.5 Å². The maximum Gasteiger partial charge on any atom is 0.219 e. The van der Waals surface area contributed by atoms with E-state index in [0.717, 1.165) is 16.5 Å². The van der Waals surface area contributed by atoms with E-state index in [1.807, 2.05) is 25.1 Å². The standard InChI is InChI=1S/C35H28F2N2O3/c1-19-14-20-12-13-29(38-31(20)28(40)15-19)41-23-17-21(30-26(36)10-7-11-27(30)37)16-22(18-23)32-39-35(4)25-9-6-5-8-24(25)34(2,3)33(35)42-32/h5-18,33,40H,1-4H3/t33-,35+/m1/s1. The van der Waals surface area contributed by atoms with E-state index in [2.05, 4.69) is 37.9 Å². The maximum absolute atomic E-state index is 15.0. The first-order valence-electron chi connectivity index (χ1n) is 13.8. The lowest BCUT2D eigenvalue weighted by molar-refractivity contribution is 0.0962. The minimum atomic E-state index is -0.699. The summed E-state index contributed by atoms with van der Waals surface area (Å²) < 4.78 is 42.7. The first-order valence-corrected chi connectivity index (χ1v) is 13.8. The van der Waals surface area contributed by atoms with Crippen LogP contribution < -0.4 is 4.74 Å². The number of hydrogen-bond acceptors (Lipinski definition) is 5. The quantitative estimate of drug-likeness (QED) is 0.239. The third-order valence-corrected chi connectivity index (χ3v) is 8.41. The van der Waals surface area contributed by atoms with Gasteiger partial charge in [0.25, 0.3) is 0 Å². The van der Waals surface area contributed by atoms with Crippen molar-refractivity contribution in [3.63, 3.8) is 0 Å². The average molecular weight is 563 g/mol. The van der Waals surface area contributed by atoms with Crippen molar-refractivity contribution in [2.45, 2.75) is 44.8 Å². The number of phenols is 1. The first-order chi connectivity index (χ1) is 20.0. The Morgan fingerprint density at radius 1 is 0.833 bits per heavy atom. The SMILES string of the molecule is Cc1cc(O)c2nc(Oc3cc(C4=N[C@@]5(C)c6ccccc6C(C)(C)[C@H]5O4)cc(-c4c(F)cccc4F)c3)ccc2c1. The Bertz CT molecular complexity index is 1930. The third kappa shape index (κ3) is 3.95. The van der Waals surface area contributed by atoms with Gasteiger partial charge in [-0.25, -0.2) is 18.8 Å². The fraction of sp³-hybridized carbons (Fsp3) is 0.200. The van der Waals surface area contributed by atoms with Gasteiger partial charge in [0.2, 0.25) is 11.8 Å². The molecule has 0 amide bonds. The molecule has 210 valence electrons. The summed E-state index contributed by atoms with van der Waals surface area (Å²) in [7, 11) is 0. The molecule has 0 radical (unpaired) electrons. The number of aryl methyl sites for hydroxylation is 1. The second-order valence-electron chi connectivity index (χ2n) is 11.8. The number of benzene rings is 4. The molecular weight excluding hydrogens is 534 g/mol. The van der Waals surface area contributed by atoms with Crippen molar-refractivity contribution in [1.29, 1.82) is 0 Å². The van der Waals surface area contributed by atoms with Gasteiger partial charge in [-0.05, 0) is 84.6 Å². The molecule has 42 heavy (non-hydrogen) atoms. The Labute approximate surface area is 242 Å². The first kappa shape index (κ1) is 26.1. The molecule has 0 spiro atoms. The lowest BCUT2D eigenvalue weighted by Gasteiger charge is -2.30. The lowest BCUT2D eigenvalue weighted by Crippen LogP contribution is -2.38. The Morgan fingerprint density at radius 2 is 1.55 bits per heavy atom. The molecule has 7 heteroatoms. The monoisotopic (exact) mass is 562 g/mol. The fourth-order valence-electron chi connectivity index (χ4n) is 6.56. The number of aliphatic imine (C=N–C) groups is 1. The van der Waals surface area contributed by atoms with E-state index >= 15 is 0 Å². The number of hydrogen-bond donors (Lipinski definition) is 1. The third-order valence-electron chi connectivity index (χ3n) is 8.41. The second kappa shape index (κ2) is 9.11. The van der Waals surface area contributed by atoms with E-state index in [4.69, 9.17) is 14.5 Å². The zero-order chi connectivity index (χ0) is 29.4. The number of halogens is 2. The van der Waals surface area contributed by atoms with Crippen LogP contribution in [0.3, 0.4) is 0 Å². The average Bonchev–Trinajstić information content (AvgIpc) is 3.39. The Kier molecular flexibility index (Phi) is 5.67. The number of fused-ring (bicyclic) bond motifs is 4. The van der Waals surface area contributed by atoms with Crippen LogP contribution in [0.1, 0.15) is 43.0 Å². The van der Waals surface area contributed by atoms with Crippen LogP contribution in [0.5, 0.6) is 17.4 Å². The number of rotatable bonds is 4. The molecule has 2 atom stereocenters. The Morgan fingerprint density at radius 3 is 2.31 bits per heavy atom. The summed E-state index contributed by atoms with van der Waals surface area (Å²) in [5.74, 6) is -0.489. The van der Waals surface area contributed by atoms with Crippen LogP contribution >= 0.6 is 0 Å². The van der Waals surface area contributed by atoms with E-state index in [1.54, 1.807) is 36.4 Å². The maximum atomic E-state index is 15.0. The highest BCUT2D eigenvalue weighted by Crippen LogP contribution is 2.55. The summed E-state index contributed by atoms with van der Waals surface area (Å²) in [5, 5.41) is 11.2. The van der Waals surface area contributed by atoms with Crippen LogP contribution in [0.4, 0.5) is 8.78 Å². The van der Waals surface area contributed by atoms with Crippen molar-refractivity contribution in [1.82, 2.24) is 4.98 Å². The molecule has 1 aliphatic heterocycles. The van der Waals surface area contributed by atoms with E-state index in [9.17, 15) is 13.9 Å². The lowest BCUT2D eigenvalue weighted by atomic mass is 9.82. The molecule has 1 aliphatic carbocycles. The number of aromatic hydroxyl groups is 1. The largest absolute Gasteiger partial charge is 0.506 e. The number of aromatic nitrogens is 1. The molecule has 1 N–H and O–H groups in total. The predicted molar refractivity (Wildman–Crippen MR) is 158 cm³/mol. The highest BCUT2D eigenvalue weighted by Gasteiger charge is 2.59. The molecule has 1 aromatic heterocycles. The number of phenolic OH excluding ortho intramolecular Hbond substituents is 1. The molecule has 0 saturated carbocycles. The van der Waals surface area contributed by atoms with E-state index in [-0.39, 0.29) is 40.0 Å². The van der Waals surface area contributed by atoms with E-state index < -0.39 is 17.2 Å². The molecular formula is C35H28F2N2O3. The smallest absolute Gasteiger partial charge is 0.219 e. The van der Waals surface area contributed by atoms with Gasteiger partial charge in [0, 0.05) is 22.4 Å². The van der Waals surface area contributed by atoms with Crippen molar-refractivity contribution in [2.24, 2.45) is 4.99 Å². The molecule has 5 aromatic rings. The normalized spacial score (nSPS) is 20.1. The Balaban J connectivity index is 1.36. The topological polar surface area (TPSA) is 63.9 Å². The summed E-state index contributed by atoms with van der Waals surface area (Å²) in [6, 6.07) is 24.0. The molecule has 0 bridgehead atoms. The van der Waals surface area contributed by atoms with E-state index in [1.165, 1.54) is 23.8 Å². The van der Waals surface area contributed by atoms with Gasteiger partial charge in [-0.1, -0.05) is 44.2 Å². The molecule has 2 aliphatic rings. The van der Waals surface area contributed by atoms with Crippen LogP contribution in [-0.2, 0) is 15.7 Å². The van der Waals surface area contributed by atoms with Crippen molar-refractivity contribution < 1.29 is 23.4 Å². The van der Waals surface area contributed by atoms with Crippen molar-refractivity contribution in [2.75, 3.05) is 0 Å². The molecule has 4 aromatic carbocycles. The highest BCUT2D eigenvalue weighted by molar-refractivity contribution is 5.98. The summed E-state index contributed by atoms with van der Waals surface area (Å²) in [4.78, 5) is 9.58. The molecule has 2 heterocycles. The van der Waals surface area contributed by atoms with E-state index in [0.29, 0.717) is 17.0 Å². The predicted octanol–water partition coefficient (Wildman–Crippen LogP) is 8.34. The zero-order valence-electron chi connectivity index (χ0n) is 23.6. The summed E-state index contributed by atoms with van der Waals surface area (Å²) in [5.41, 5.74) is 3.23. The van der Waals surface area contributed by atoms with Crippen LogP contribution in [-0.4, -0.2) is 22.1 Å². The van der Waals surface area contributed by atoms with Gasteiger partial charge in [0.15, 0.2) is 0 Å². The highest BCUT2D eigenvalue weighted by atomic mass is 19.1.